The van der Waals surface area contributed by atoms with Crippen LogP contribution < -0.4 is 0 Å². The predicted molar refractivity (Wildman–Crippen MR) is 173 cm³/mol. The Labute approximate surface area is 249 Å². The highest BCUT2D eigenvalue weighted by molar-refractivity contribution is 8.05. The molecule has 1 aliphatic carbocycles. The Kier molecular flexibility index (Phi) is 5.73. The maximum Gasteiger partial charge on any atom is 0.0715 e. The van der Waals surface area contributed by atoms with Gasteiger partial charge in [0.1, 0.15) is 0 Å². The number of pyridine rings is 1. The summed E-state index contributed by atoms with van der Waals surface area (Å²) in [7, 11) is 0. The minimum atomic E-state index is -0.100. The zero-order valence-corrected chi connectivity index (χ0v) is 24.5. The number of rotatable bonds is 3. The molecule has 0 radical (unpaired) electrons. The summed E-state index contributed by atoms with van der Waals surface area (Å²) in [6, 6.07) is 46.1. The van der Waals surface area contributed by atoms with E-state index < -0.39 is 0 Å². The van der Waals surface area contributed by atoms with Crippen molar-refractivity contribution in [2.24, 2.45) is 0 Å². The van der Waals surface area contributed by atoms with Crippen LogP contribution in [0.2, 0.25) is 0 Å². The monoisotopic (exact) mass is 561 g/mol. The molecule has 196 valence electrons. The molecule has 0 saturated heterocycles. The van der Waals surface area contributed by atoms with E-state index in [1.807, 2.05) is 23.5 Å². The third kappa shape index (κ3) is 4.15. The van der Waals surface area contributed by atoms with Gasteiger partial charge in [-0.15, -0.1) is 0 Å². The van der Waals surface area contributed by atoms with Crippen molar-refractivity contribution in [2.75, 3.05) is 0 Å². The van der Waals surface area contributed by atoms with Crippen LogP contribution in [-0.4, -0.2) is 4.98 Å². The van der Waals surface area contributed by atoms with Crippen LogP contribution in [0.4, 0.5) is 0 Å². The van der Waals surface area contributed by atoms with Crippen molar-refractivity contribution in [3.8, 4) is 44.8 Å². The van der Waals surface area contributed by atoms with Crippen molar-refractivity contribution >= 4 is 23.5 Å². The molecule has 1 aromatic heterocycles. The van der Waals surface area contributed by atoms with Gasteiger partial charge in [0.2, 0.25) is 0 Å². The van der Waals surface area contributed by atoms with E-state index in [1.165, 1.54) is 53.0 Å². The van der Waals surface area contributed by atoms with Crippen molar-refractivity contribution in [3.05, 3.63) is 139 Å². The lowest BCUT2D eigenvalue weighted by molar-refractivity contribution is 0.658. The van der Waals surface area contributed by atoms with Crippen LogP contribution in [0.25, 0.3) is 44.8 Å². The van der Waals surface area contributed by atoms with Crippen LogP contribution in [0.15, 0.2) is 147 Å². The van der Waals surface area contributed by atoms with Gasteiger partial charge in [-0.25, -0.2) is 4.98 Å². The summed E-state index contributed by atoms with van der Waals surface area (Å²) in [5.74, 6) is 0. The average Bonchev–Trinajstić information content (AvgIpc) is 3.24. The number of aromatic nitrogens is 1. The summed E-state index contributed by atoms with van der Waals surface area (Å²) in [5.41, 5.74) is 12.0. The highest BCUT2D eigenvalue weighted by Gasteiger charge is 2.37. The highest BCUT2D eigenvalue weighted by atomic mass is 32.2. The second kappa shape index (κ2) is 9.51. The van der Waals surface area contributed by atoms with Crippen molar-refractivity contribution in [2.45, 2.75) is 38.8 Å². The largest absolute Gasteiger partial charge is 0.248 e. The first-order valence-corrected chi connectivity index (χ1v) is 15.6. The second-order valence-corrected chi connectivity index (χ2v) is 13.4. The lowest BCUT2D eigenvalue weighted by Gasteiger charge is -2.24. The molecule has 0 amide bonds. The first kappa shape index (κ1) is 24.7. The number of nitrogens with zero attached hydrogens (tertiary/aromatic N) is 1. The maximum absolute atomic E-state index is 5.20. The number of benzene rings is 5. The molecule has 1 nitrogen and oxygen atoms in total. The lowest BCUT2D eigenvalue weighted by Crippen LogP contribution is -2.15. The quantitative estimate of drug-likeness (QED) is 0.213. The number of hydrogen-bond donors (Lipinski definition) is 0. The van der Waals surface area contributed by atoms with Gasteiger partial charge in [-0.3, -0.25) is 0 Å². The van der Waals surface area contributed by atoms with E-state index >= 15 is 0 Å². The van der Waals surface area contributed by atoms with E-state index in [9.17, 15) is 0 Å². The standard InChI is InChI=1S/C38H27NS2/c1-38(2)30-19-26(33-21-27(24-11-5-3-6-12-24)20-32(39-33)25-13-7-4-8-14-25)17-18-28(30)29-22-36-37(23-31(29)38)41-35-16-10-9-15-34(35)40-36/h3-23H,1-2H3. The SMILES string of the molecule is CC1(C)c2cc(-c3cc(-c4ccccc4)cc(-c4ccccc4)n3)ccc2-c2cc3c(cc21)Sc1ccccc1S3. The Bertz CT molecular complexity index is 1900. The first-order valence-electron chi connectivity index (χ1n) is 14.0. The third-order valence-electron chi connectivity index (χ3n) is 8.33. The van der Waals surface area contributed by atoms with Gasteiger partial charge in [0.15, 0.2) is 0 Å². The molecule has 2 heterocycles. The topological polar surface area (TPSA) is 12.9 Å². The summed E-state index contributed by atoms with van der Waals surface area (Å²) in [6.45, 7) is 4.73. The van der Waals surface area contributed by atoms with Crippen molar-refractivity contribution < 1.29 is 0 Å². The van der Waals surface area contributed by atoms with E-state index in [2.05, 4.69) is 141 Å². The van der Waals surface area contributed by atoms with Gasteiger partial charge >= 0.3 is 0 Å². The molecule has 0 N–H and O–H groups in total. The Morgan fingerprint density at radius 1 is 0.439 bits per heavy atom. The fourth-order valence-electron chi connectivity index (χ4n) is 6.15. The Morgan fingerprint density at radius 3 is 1.68 bits per heavy atom. The van der Waals surface area contributed by atoms with Crippen molar-refractivity contribution in [1.82, 2.24) is 4.98 Å². The van der Waals surface area contributed by atoms with E-state index in [4.69, 9.17) is 4.98 Å². The van der Waals surface area contributed by atoms with E-state index in [-0.39, 0.29) is 5.41 Å². The van der Waals surface area contributed by atoms with E-state index in [0.29, 0.717) is 0 Å². The molecule has 1 aliphatic heterocycles. The molecule has 0 atom stereocenters. The molecule has 6 aromatic rings. The number of hydrogen-bond acceptors (Lipinski definition) is 3. The van der Waals surface area contributed by atoms with Gasteiger partial charge in [-0.2, -0.15) is 0 Å². The molecule has 0 unspecified atom stereocenters. The normalized spacial score (nSPS) is 14.1. The summed E-state index contributed by atoms with van der Waals surface area (Å²) >= 11 is 3.79. The van der Waals surface area contributed by atoms with Crippen LogP contribution in [-0.2, 0) is 5.41 Å². The van der Waals surface area contributed by atoms with Gasteiger partial charge in [0.05, 0.1) is 11.4 Å². The molecule has 0 fully saturated rings. The summed E-state index contributed by atoms with van der Waals surface area (Å²) in [4.78, 5) is 10.6. The molecule has 2 aliphatic rings. The second-order valence-electron chi connectivity index (χ2n) is 11.2. The molecule has 5 aromatic carbocycles. The van der Waals surface area contributed by atoms with E-state index in [1.54, 1.807) is 0 Å². The zero-order valence-electron chi connectivity index (χ0n) is 22.9. The highest BCUT2D eigenvalue weighted by Crippen LogP contribution is 2.56. The van der Waals surface area contributed by atoms with Gasteiger partial charge in [-0.1, -0.05) is 122 Å². The smallest absolute Gasteiger partial charge is 0.0715 e. The maximum atomic E-state index is 5.20. The van der Waals surface area contributed by atoms with Gasteiger partial charge in [0.25, 0.3) is 0 Å². The summed E-state index contributed by atoms with van der Waals surface area (Å²) in [5, 5.41) is 0. The number of fused-ring (bicyclic) bond motifs is 5. The minimum absolute atomic E-state index is 0.100. The molecule has 0 bridgehead atoms. The van der Waals surface area contributed by atoms with Crippen LogP contribution in [0, 0.1) is 0 Å². The molecule has 8 rings (SSSR count). The fourth-order valence-corrected chi connectivity index (χ4v) is 8.43. The van der Waals surface area contributed by atoms with Crippen molar-refractivity contribution in [3.63, 3.8) is 0 Å². The molecule has 0 spiro atoms. The van der Waals surface area contributed by atoms with E-state index in [0.717, 1.165) is 22.5 Å². The molecule has 41 heavy (non-hydrogen) atoms. The van der Waals surface area contributed by atoms with Gasteiger partial charge in [-0.05, 0) is 75.8 Å². The Balaban J connectivity index is 1.25. The van der Waals surface area contributed by atoms with Crippen LogP contribution in [0.5, 0.6) is 0 Å². The molecular formula is C38H27NS2. The lowest BCUT2D eigenvalue weighted by atomic mass is 9.82. The zero-order chi connectivity index (χ0) is 27.6. The molecule has 0 saturated carbocycles. The average molecular weight is 562 g/mol. The third-order valence-corrected chi connectivity index (χ3v) is 10.9. The predicted octanol–water partition coefficient (Wildman–Crippen LogP) is 11.0. The summed E-state index contributed by atoms with van der Waals surface area (Å²) in [6.07, 6.45) is 0. The Hall–Kier alpha value is -4.05. The van der Waals surface area contributed by atoms with Gasteiger partial charge in [0, 0.05) is 36.1 Å². The fraction of sp³-hybridized carbons (Fsp3) is 0.0789. The first-order chi connectivity index (χ1) is 20.0. The van der Waals surface area contributed by atoms with Crippen molar-refractivity contribution in [1.29, 1.82) is 0 Å². The van der Waals surface area contributed by atoms with Crippen LogP contribution in [0.1, 0.15) is 25.0 Å². The summed E-state index contributed by atoms with van der Waals surface area (Å²) < 4.78 is 0. The molecular weight excluding hydrogens is 535 g/mol. The molecule has 3 heteroatoms. The minimum Gasteiger partial charge on any atom is -0.248 e. The van der Waals surface area contributed by atoms with Gasteiger partial charge < -0.3 is 0 Å². The van der Waals surface area contributed by atoms with Crippen LogP contribution in [0.3, 0.4) is 0 Å². The Morgan fingerprint density at radius 2 is 1.00 bits per heavy atom. The van der Waals surface area contributed by atoms with Crippen LogP contribution >= 0.6 is 23.5 Å².